The number of alkyl halides is 3. The van der Waals surface area contributed by atoms with Crippen LogP contribution in [-0.4, -0.2) is 23.0 Å². The zero-order valence-corrected chi connectivity index (χ0v) is 14.8. The summed E-state index contributed by atoms with van der Waals surface area (Å²) in [6.45, 7) is 1.67. The van der Waals surface area contributed by atoms with Crippen LogP contribution in [0.5, 0.6) is 0 Å². The van der Waals surface area contributed by atoms with Gasteiger partial charge in [0.05, 0.1) is 11.3 Å². The van der Waals surface area contributed by atoms with Gasteiger partial charge in [-0.1, -0.05) is 12.1 Å². The van der Waals surface area contributed by atoms with E-state index in [0.29, 0.717) is 5.69 Å². The first-order valence-corrected chi connectivity index (χ1v) is 8.31. The van der Waals surface area contributed by atoms with Crippen LogP contribution in [0.4, 0.5) is 24.5 Å². The third-order valence-corrected chi connectivity index (χ3v) is 4.25. The van der Waals surface area contributed by atoms with Gasteiger partial charge in [0.1, 0.15) is 6.04 Å². The minimum atomic E-state index is -4.50. The summed E-state index contributed by atoms with van der Waals surface area (Å²) < 4.78 is 38.4. The van der Waals surface area contributed by atoms with Crippen molar-refractivity contribution in [1.82, 2.24) is 5.32 Å². The van der Waals surface area contributed by atoms with E-state index in [1.807, 2.05) is 0 Å². The van der Waals surface area contributed by atoms with Gasteiger partial charge < -0.3 is 10.6 Å². The first kappa shape index (κ1) is 18.8. The Balaban J connectivity index is 1.83. The molecule has 2 aromatic carbocycles. The SMILES string of the molecule is C[C@H]1NC(=S)N(c2cccc(C(=O)Nc3cccc(C(F)(F)F)c3)c2)C1=O. The summed E-state index contributed by atoms with van der Waals surface area (Å²) in [6, 6.07) is 10.0. The highest BCUT2D eigenvalue weighted by Crippen LogP contribution is 2.31. The molecule has 1 heterocycles. The number of amides is 2. The fourth-order valence-corrected chi connectivity index (χ4v) is 2.98. The average Bonchev–Trinajstić information content (AvgIpc) is 2.86. The number of rotatable bonds is 3. The molecule has 2 amide bonds. The maximum Gasteiger partial charge on any atom is 0.416 e. The van der Waals surface area contributed by atoms with E-state index in [4.69, 9.17) is 12.2 Å². The van der Waals surface area contributed by atoms with Crippen LogP contribution >= 0.6 is 12.2 Å². The first-order valence-electron chi connectivity index (χ1n) is 7.90. The quantitative estimate of drug-likeness (QED) is 0.783. The van der Waals surface area contributed by atoms with Crippen molar-refractivity contribution in [3.8, 4) is 0 Å². The Bertz CT molecular complexity index is 930. The largest absolute Gasteiger partial charge is 0.416 e. The number of hydrogen-bond acceptors (Lipinski definition) is 3. The third-order valence-electron chi connectivity index (χ3n) is 3.95. The number of benzene rings is 2. The highest BCUT2D eigenvalue weighted by Gasteiger charge is 2.33. The Kier molecular flexibility index (Phi) is 4.88. The molecule has 0 unspecified atom stereocenters. The van der Waals surface area contributed by atoms with Crippen LogP contribution in [0.15, 0.2) is 48.5 Å². The van der Waals surface area contributed by atoms with Gasteiger partial charge in [-0.05, 0) is 55.5 Å². The molecule has 1 saturated heterocycles. The number of hydrogen-bond donors (Lipinski definition) is 2. The number of carbonyl (C=O) groups is 2. The molecule has 1 aliphatic rings. The molecule has 27 heavy (non-hydrogen) atoms. The van der Waals surface area contributed by atoms with Crippen LogP contribution in [0.1, 0.15) is 22.8 Å². The van der Waals surface area contributed by atoms with Crippen LogP contribution in [-0.2, 0) is 11.0 Å². The standard InChI is InChI=1S/C18H14F3N3O2S/c1-10-16(26)24(17(27)22-10)14-7-2-4-11(8-14)15(25)23-13-6-3-5-12(9-13)18(19,20)21/h2-10H,1H3,(H,22,27)(H,23,25)/t10-/m1/s1. The molecule has 2 aromatic rings. The van der Waals surface area contributed by atoms with Crippen LogP contribution in [0, 0.1) is 0 Å². The molecule has 0 spiro atoms. The summed E-state index contributed by atoms with van der Waals surface area (Å²) in [4.78, 5) is 25.9. The lowest BCUT2D eigenvalue weighted by molar-refractivity contribution is -0.137. The molecule has 1 aliphatic heterocycles. The summed E-state index contributed by atoms with van der Waals surface area (Å²) >= 11 is 5.13. The summed E-state index contributed by atoms with van der Waals surface area (Å²) in [7, 11) is 0. The van der Waals surface area contributed by atoms with Crippen molar-refractivity contribution in [3.05, 3.63) is 59.7 Å². The van der Waals surface area contributed by atoms with E-state index in [0.717, 1.165) is 12.1 Å². The molecular weight excluding hydrogens is 379 g/mol. The van der Waals surface area contributed by atoms with Gasteiger partial charge in [-0.3, -0.25) is 14.5 Å². The molecule has 0 radical (unpaired) electrons. The van der Waals surface area contributed by atoms with Crippen LogP contribution in [0.3, 0.4) is 0 Å². The molecule has 0 bridgehead atoms. The summed E-state index contributed by atoms with van der Waals surface area (Å²) in [5.41, 5.74) is -0.260. The number of halogens is 3. The fourth-order valence-electron chi connectivity index (χ4n) is 2.61. The molecular formula is C18H14F3N3O2S. The number of nitrogens with one attached hydrogen (secondary N) is 2. The monoisotopic (exact) mass is 393 g/mol. The van der Waals surface area contributed by atoms with E-state index in [1.54, 1.807) is 19.1 Å². The van der Waals surface area contributed by atoms with Crippen molar-refractivity contribution in [2.24, 2.45) is 0 Å². The Morgan fingerprint density at radius 1 is 1.19 bits per heavy atom. The van der Waals surface area contributed by atoms with Crippen LogP contribution in [0.25, 0.3) is 0 Å². The van der Waals surface area contributed by atoms with Gasteiger partial charge in [0.25, 0.3) is 11.8 Å². The van der Waals surface area contributed by atoms with Crippen LogP contribution < -0.4 is 15.5 Å². The molecule has 5 nitrogen and oxygen atoms in total. The van der Waals surface area contributed by atoms with Gasteiger partial charge in [0.15, 0.2) is 5.11 Å². The predicted octanol–water partition coefficient (Wildman–Crippen LogP) is 3.57. The molecule has 3 rings (SSSR count). The molecule has 9 heteroatoms. The lowest BCUT2D eigenvalue weighted by Crippen LogP contribution is -2.30. The number of nitrogens with zero attached hydrogens (tertiary/aromatic N) is 1. The summed E-state index contributed by atoms with van der Waals surface area (Å²) in [5, 5.41) is 5.48. The summed E-state index contributed by atoms with van der Waals surface area (Å²) in [6.07, 6.45) is -4.50. The van der Waals surface area contributed by atoms with Crippen molar-refractivity contribution in [2.45, 2.75) is 19.1 Å². The van der Waals surface area contributed by atoms with Crippen molar-refractivity contribution < 1.29 is 22.8 Å². The van der Waals surface area contributed by atoms with Gasteiger partial charge in [-0.25, -0.2) is 0 Å². The van der Waals surface area contributed by atoms with E-state index in [1.165, 1.54) is 29.2 Å². The van der Waals surface area contributed by atoms with E-state index < -0.39 is 23.7 Å². The highest BCUT2D eigenvalue weighted by molar-refractivity contribution is 7.80. The second-order valence-corrected chi connectivity index (χ2v) is 6.31. The zero-order valence-electron chi connectivity index (χ0n) is 14.0. The second kappa shape index (κ2) is 6.99. The Hall–Kier alpha value is -2.94. The molecule has 140 valence electrons. The Labute approximate surface area is 158 Å². The number of carbonyl (C=O) groups excluding carboxylic acids is 2. The maximum absolute atomic E-state index is 12.8. The van der Waals surface area contributed by atoms with Gasteiger partial charge >= 0.3 is 6.18 Å². The van der Waals surface area contributed by atoms with Gasteiger partial charge in [0, 0.05) is 11.3 Å². The third kappa shape index (κ3) is 3.92. The molecule has 0 aliphatic carbocycles. The smallest absolute Gasteiger partial charge is 0.350 e. The minimum absolute atomic E-state index is 0.0169. The fraction of sp³-hybridized carbons (Fsp3) is 0.167. The second-order valence-electron chi connectivity index (χ2n) is 5.93. The highest BCUT2D eigenvalue weighted by atomic mass is 32.1. The van der Waals surface area contributed by atoms with Crippen molar-refractivity contribution >= 4 is 40.5 Å². The molecule has 1 fully saturated rings. The van der Waals surface area contributed by atoms with Gasteiger partial charge in [-0.15, -0.1) is 0 Å². The van der Waals surface area contributed by atoms with E-state index >= 15 is 0 Å². The van der Waals surface area contributed by atoms with E-state index in [2.05, 4.69) is 10.6 Å². The molecule has 0 aromatic heterocycles. The summed E-state index contributed by atoms with van der Waals surface area (Å²) in [5.74, 6) is -0.856. The lowest BCUT2D eigenvalue weighted by atomic mass is 10.1. The topological polar surface area (TPSA) is 61.4 Å². The van der Waals surface area contributed by atoms with E-state index in [9.17, 15) is 22.8 Å². The van der Waals surface area contributed by atoms with Gasteiger partial charge in [-0.2, -0.15) is 13.2 Å². The normalized spacial score (nSPS) is 17.0. The Morgan fingerprint density at radius 3 is 2.52 bits per heavy atom. The van der Waals surface area contributed by atoms with E-state index in [-0.39, 0.29) is 22.3 Å². The van der Waals surface area contributed by atoms with Gasteiger partial charge in [0.2, 0.25) is 0 Å². The first-order chi connectivity index (χ1) is 12.7. The van der Waals surface area contributed by atoms with Crippen molar-refractivity contribution in [1.29, 1.82) is 0 Å². The minimum Gasteiger partial charge on any atom is -0.350 e. The number of thiocarbonyl (C=S) groups is 1. The Morgan fingerprint density at radius 2 is 1.89 bits per heavy atom. The molecule has 1 atom stereocenters. The average molecular weight is 393 g/mol. The maximum atomic E-state index is 12.8. The van der Waals surface area contributed by atoms with Crippen LogP contribution in [0.2, 0.25) is 0 Å². The number of anilines is 2. The van der Waals surface area contributed by atoms with Crippen molar-refractivity contribution in [2.75, 3.05) is 10.2 Å². The lowest BCUT2D eigenvalue weighted by Gasteiger charge is -2.16. The zero-order chi connectivity index (χ0) is 19.8. The molecule has 0 saturated carbocycles. The van der Waals surface area contributed by atoms with Crippen molar-refractivity contribution in [3.63, 3.8) is 0 Å². The molecule has 2 N–H and O–H groups in total. The predicted molar refractivity (Wildman–Crippen MR) is 98.5 cm³/mol.